The molecule has 146 valence electrons. The lowest BCUT2D eigenvalue weighted by atomic mass is 10.2. The number of rotatable bonds is 4. The summed E-state index contributed by atoms with van der Waals surface area (Å²) in [5, 5.41) is 5.47. The third-order valence-electron chi connectivity index (χ3n) is 4.80. The van der Waals surface area contributed by atoms with Crippen molar-refractivity contribution in [3.63, 3.8) is 0 Å². The number of hydrogen-bond acceptors (Lipinski definition) is 3. The fourth-order valence-electron chi connectivity index (χ4n) is 3.42. The molecule has 29 heavy (non-hydrogen) atoms. The van der Waals surface area contributed by atoms with Gasteiger partial charge in [-0.3, -0.25) is 4.79 Å². The molecular weight excluding hydrogens is 386 g/mol. The molecule has 0 saturated carbocycles. The van der Waals surface area contributed by atoms with Crippen LogP contribution in [0.4, 0.5) is 0 Å². The smallest absolute Gasteiger partial charge is 0.307 e. The molecule has 5 nitrogen and oxygen atoms in total. The zero-order valence-electron chi connectivity index (χ0n) is 16.4. The van der Waals surface area contributed by atoms with E-state index in [4.69, 9.17) is 16.0 Å². The Bertz CT molecular complexity index is 1250. The van der Waals surface area contributed by atoms with E-state index >= 15 is 0 Å². The van der Waals surface area contributed by atoms with E-state index in [1.54, 1.807) is 30.5 Å². The number of carbonyl (C=O) groups excluding carboxylic acids is 1. The van der Waals surface area contributed by atoms with Crippen molar-refractivity contribution in [3.8, 4) is 5.69 Å². The van der Waals surface area contributed by atoms with Crippen molar-refractivity contribution in [1.82, 2.24) is 9.99 Å². The van der Waals surface area contributed by atoms with E-state index in [1.165, 1.54) is 5.56 Å². The number of carbonyl (C=O) groups is 1. The third kappa shape index (κ3) is 3.82. The molecule has 0 spiro atoms. The first kappa shape index (κ1) is 19.0. The molecule has 4 rings (SSSR count). The predicted octanol–water partition coefficient (Wildman–Crippen LogP) is 5.57. The van der Waals surface area contributed by atoms with Gasteiger partial charge in [-0.25, -0.2) is 5.43 Å². The molecule has 6 heteroatoms. The first-order chi connectivity index (χ1) is 13.9. The van der Waals surface area contributed by atoms with E-state index in [0.29, 0.717) is 10.6 Å². The normalized spacial score (nSPS) is 11.4. The summed E-state index contributed by atoms with van der Waals surface area (Å²) in [6.45, 7) is 6.15. The van der Waals surface area contributed by atoms with Crippen LogP contribution in [0.15, 0.2) is 64.1 Å². The van der Waals surface area contributed by atoms with Gasteiger partial charge in [0.1, 0.15) is 5.58 Å². The second-order valence-electron chi connectivity index (χ2n) is 6.99. The average molecular weight is 406 g/mol. The summed E-state index contributed by atoms with van der Waals surface area (Å²) >= 11 is 5.97. The highest BCUT2D eigenvalue weighted by Gasteiger charge is 2.13. The van der Waals surface area contributed by atoms with Crippen LogP contribution < -0.4 is 5.43 Å². The highest BCUT2D eigenvalue weighted by atomic mass is 35.5. The molecule has 0 saturated heterocycles. The first-order valence-electron chi connectivity index (χ1n) is 9.21. The topological polar surface area (TPSA) is 59.5 Å². The highest BCUT2D eigenvalue weighted by molar-refractivity contribution is 6.31. The first-order valence-corrected chi connectivity index (χ1v) is 9.58. The summed E-state index contributed by atoms with van der Waals surface area (Å²) in [5.41, 5.74) is 8.49. The number of halogens is 1. The molecule has 1 N–H and O–H groups in total. The van der Waals surface area contributed by atoms with E-state index in [-0.39, 0.29) is 5.76 Å². The molecule has 0 aliphatic rings. The van der Waals surface area contributed by atoms with E-state index in [2.05, 4.69) is 40.2 Å². The summed E-state index contributed by atoms with van der Waals surface area (Å²) in [6, 6.07) is 17.2. The molecule has 0 radical (unpaired) electrons. The number of benzene rings is 2. The molecule has 0 unspecified atom stereocenters. The number of hydrazone groups is 1. The van der Waals surface area contributed by atoms with E-state index in [1.807, 2.05) is 26.0 Å². The van der Waals surface area contributed by atoms with Gasteiger partial charge in [0.2, 0.25) is 0 Å². The zero-order chi connectivity index (χ0) is 20.5. The van der Waals surface area contributed by atoms with Gasteiger partial charge in [0.05, 0.1) is 6.21 Å². The Morgan fingerprint density at radius 1 is 1.10 bits per heavy atom. The lowest BCUT2D eigenvalue weighted by Gasteiger charge is -2.10. The number of hydrogen-bond donors (Lipinski definition) is 1. The third-order valence-corrected chi connectivity index (χ3v) is 5.04. The van der Waals surface area contributed by atoms with Crippen molar-refractivity contribution in [2.45, 2.75) is 20.8 Å². The van der Waals surface area contributed by atoms with Crippen LogP contribution in [0.25, 0.3) is 16.7 Å². The number of furan rings is 1. The minimum absolute atomic E-state index is 0.185. The molecule has 2 aromatic heterocycles. The van der Waals surface area contributed by atoms with Gasteiger partial charge in [0.15, 0.2) is 5.76 Å². The van der Waals surface area contributed by atoms with E-state index in [0.717, 1.165) is 28.0 Å². The molecule has 4 aromatic rings. The standard InChI is InChI=1S/C23H20ClN3O2/c1-14-5-4-6-20(9-14)27-15(2)10-18(16(27)3)13-25-26-23(28)22-12-17-11-19(24)7-8-21(17)29-22/h4-13H,1-3H3,(H,26,28)/b25-13+. The predicted molar refractivity (Wildman–Crippen MR) is 116 cm³/mol. The molecule has 2 heterocycles. The summed E-state index contributed by atoms with van der Waals surface area (Å²) in [5.74, 6) is -0.231. The van der Waals surface area contributed by atoms with Gasteiger partial charge >= 0.3 is 5.91 Å². The lowest BCUT2D eigenvalue weighted by Crippen LogP contribution is -2.16. The highest BCUT2D eigenvalue weighted by Crippen LogP contribution is 2.23. The lowest BCUT2D eigenvalue weighted by molar-refractivity contribution is 0.0929. The number of aromatic nitrogens is 1. The monoisotopic (exact) mass is 405 g/mol. The molecule has 0 aliphatic heterocycles. The van der Waals surface area contributed by atoms with Gasteiger partial charge < -0.3 is 8.98 Å². The van der Waals surface area contributed by atoms with Gasteiger partial charge in [-0.2, -0.15) is 5.10 Å². The van der Waals surface area contributed by atoms with Crippen LogP contribution in [0, 0.1) is 20.8 Å². The Morgan fingerprint density at radius 3 is 2.72 bits per heavy atom. The summed E-state index contributed by atoms with van der Waals surface area (Å²) in [4.78, 5) is 12.3. The summed E-state index contributed by atoms with van der Waals surface area (Å²) < 4.78 is 7.72. The second kappa shape index (κ2) is 7.60. The Labute approximate surface area is 173 Å². The maximum atomic E-state index is 12.3. The molecule has 2 aromatic carbocycles. The average Bonchev–Trinajstić information content (AvgIpc) is 3.22. The largest absolute Gasteiger partial charge is 0.451 e. The molecule has 0 atom stereocenters. The van der Waals surface area contributed by atoms with Gasteiger partial charge in [0, 0.05) is 33.0 Å². The van der Waals surface area contributed by atoms with Crippen LogP contribution in [-0.4, -0.2) is 16.7 Å². The minimum atomic E-state index is -0.416. The van der Waals surface area contributed by atoms with Crippen LogP contribution in [0.2, 0.25) is 5.02 Å². The minimum Gasteiger partial charge on any atom is -0.451 e. The number of nitrogens with one attached hydrogen (secondary N) is 1. The van der Waals surface area contributed by atoms with Crippen LogP contribution in [0.3, 0.4) is 0 Å². The van der Waals surface area contributed by atoms with E-state index in [9.17, 15) is 4.79 Å². The van der Waals surface area contributed by atoms with Crippen LogP contribution >= 0.6 is 11.6 Å². The van der Waals surface area contributed by atoms with Crippen molar-refractivity contribution in [2.75, 3.05) is 0 Å². The van der Waals surface area contributed by atoms with Gasteiger partial charge in [0.25, 0.3) is 0 Å². The summed E-state index contributed by atoms with van der Waals surface area (Å²) in [6.07, 6.45) is 1.64. The second-order valence-corrected chi connectivity index (χ2v) is 7.43. The van der Waals surface area contributed by atoms with Gasteiger partial charge in [-0.15, -0.1) is 0 Å². The summed E-state index contributed by atoms with van der Waals surface area (Å²) in [7, 11) is 0. The molecule has 0 fully saturated rings. The Morgan fingerprint density at radius 2 is 1.93 bits per heavy atom. The molecule has 0 aliphatic carbocycles. The number of nitrogens with zero attached hydrogens (tertiary/aromatic N) is 2. The Kier molecular flexibility index (Phi) is 4.99. The van der Waals surface area contributed by atoms with Crippen molar-refractivity contribution < 1.29 is 9.21 Å². The fraction of sp³-hybridized carbons (Fsp3) is 0.130. The molecule has 1 amide bonds. The molecular formula is C23H20ClN3O2. The van der Waals surface area contributed by atoms with Crippen molar-refractivity contribution >= 4 is 34.7 Å². The maximum absolute atomic E-state index is 12.3. The van der Waals surface area contributed by atoms with Crippen molar-refractivity contribution in [3.05, 3.63) is 87.9 Å². The van der Waals surface area contributed by atoms with Gasteiger partial charge in [-0.05, 0) is 68.8 Å². The number of aryl methyl sites for hydroxylation is 2. The quantitative estimate of drug-likeness (QED) is 0.356. The maximum Gasteiger partial charge on any atom is 0.307 e. The number of amides is 1. The number of fused-ring (bicyclic) bond motifs is 1. The van der Waals surface area contributed by atoms with Crippen LogP contribution in [0.5, 0.6) is 0 Å². The van der Waals surface area contributed by atoms with Crippen LogP contribution in [-0.2, 0) is 0 Å². The van der Waals surface area contributed by atoms with Gasteiger partial charge in [-0.1, -0.05) is 23.7 Å². The zero-order valence-corrected chi connectivity index (χ0v) is 17.1. The van der Waals surface area contributed by atoms with Crippen LogP contribution in [0.1, 0.15) is 33.1 Å². The van der Waals surface area contributed by atoms with Crippen molar-refractivity contribution in [1.29, 1.82) is 0 Å². The SMILES string of the molecule is Cc1cccc(-n2c(C)cc(/C=N/NC(=O)c3cc4cc(Cl)ccc4o3)c2C)c1. The fourth-order valence-corrected chi connectivity index (χ4v) is 3.60. The molecule has 0 bridgehead atoms. The Hall–Kier alpha value is -3.31. The van der Waals surface area contributed by atoms with Crippen molar-refractivity contribution in [2.24, 2.45) is 5.10 Å². The van der Waals surface area contributed by atoms with E-state index < -0.39 is 5.91 Å². The Balaban J connectivity index is 1.53.